The normalized spacial score (nSPS) is 14.7. The average molecular weight is 388 g/mol. The van der Waals surface area contributed by atoms with Crippen LogP contribution in [0.3, 0.4) is 0 Å². The van der Waals surface area contributed by atoms with E-state index in [1.807, 2.05) is 0 Å². The van der Waals surface area contributed by atoms with Crippen molar-refractivity contribution >= 4 is 18.3 Å². The summed E-state index contributed by atoms with van der Waals surface area (Å²) in [7, 11) is 0. The molecule has 26 heavy (non-hydrogen) atoms. The topological polar surface area (TPSA) is 95.1 Å². The van der Waals surface area contributed by atoms with Crippen molar-refractivity contribution in [1.29, 1.82) is 0 Å². The molecule has 1 fully saturated rings. The van der Waals surface area contributed by atoms with Crippen LogP contribution in [-0.4, -0.2) is 40.1 Å². The quantitative estimate of drug-likeness (QED) is 0.758. The number of amides is 1. The van der Waals surface area contributed by atoms with Gasteiger partial charge in [0.25, 0.3) is 5.91 Å². The molecule has 0 aliphatic heterocycles. The lowest BCUT2D eigenvalue weighted by atomic mass is 10.2. The third-order valence-electron chi connectivity index (χ3n) is 4.18. The summed E-state index contributed by atoms with van der Waals surface area (Å²) in [5.41, 5.74) is 7.05. The second-order valence-electron chi connectivity index (χ2n) is 5.96. The number of carbonyl (C=O) groups excluding carboxylic acids is 1. The molecule has 1 saturated carbocycles. The molecule has 1 aliphatic rings. The first-order valence-electron chi connectivity index (χ1n) is 7.98. The number of hydrogen-bond donors (Lipinski definition) is 2. The molecule has 1 amide bonds. The lowest BCUT2D eigenvalue weighted by molar-refractivity contribution is -0.0498. The van der Waals surface area contributed by atoms with Crippen LogP contribution in [0.1, 0.15) is 29.0 Å². The Labute approximate surface area is 155 Å². The van der Waals surface area contributed by atoms with Crippen molar-refractivity contribution in [3.05, 3.63) is 35.7 Å². The number of halogens is 3. The molecule has 0 saturated heterocycles. The van der Waals surface area contributed by atoms with Crippen LogP contribution >= 0.6 is 12.4 Å². The lowest BCUT2D eigenvalue weighted by Crippen LogP contribution is -2.42. The molecule has 3 N–H and O–H groups in total. The Morgan fingerprint density at radius 2 is 2.04 bits per heavy atom. The Bertz CT molecular complexity index is 750. The molecular formula is C16H20ClF2N5O2. The highest BCUT2D eigenvalue weighted by Crippen LogP contribution is 2.32. The molecule has 3 rings (SSSR count). The van der Waals surface area contributed by atoms with Crippen LogP contribution in [0.15, 0.2) is 24.3 Å². The SMILES string of the molecule is Cc1c(C(=O)NC(CN)C2CC2)nnn1-c1ccc(OC(F)F)cc1.Cl. The van der Waals surface area contributed by atoms with Crippen molar-refractivity contribution in [2.24, 2.45) is 11.7 Å². The Balaban J connectivity index is 0.00000243. The van der Waals surface area contributed by atoms with E-state index in [-0.39, 0.29) is 35.8 Å². The molecule has 0 radical (unpaired) electrons. The fourth-order valence-electron chi connectivity index (χ4n) is 2.66. The van der Waals surface area contributed by atoms with Crippen LogP contribution in [0.5, 0.6) is 5.75 Å². The Kier molecular flexibility index (Phi) is 6.49. The third-order valence-corrected chi connectivity index (χ3v) is 4.18. The molecule has 7 nitrogen and oxygen atoms in total. The van der Waals surface area contributed by atoms with E-state index in [0.717, 1.165) is 12.8 Å². The van der Waals surface area contributed by atoms with Gasteiger partial charge in [-0.15, -0.1) is 17.5 Å². The molecule has 1 unspecified atom stereocenters. The summed E-state index contributed by atoms with van der Waals surface area (Å²) < 4.78 is 30.2. The number of hydrogen-bond acceptors (Lipinski definition) is 5. The van der Waals surface area contributed by atoms with Crippen molar-refractivity contribution in [3.8, 4) is 11.4 Å². The third kappa shape index (κ3) is 4.47. The highest BCUT2D eigenvalue weighted by atomic mass is 35.5. The maximum Gasteiger partial charge on any atom is 0.387 e. The Hall–Kier alpha value is -2.26. The summed E-state index contributed by atoms with van der Waals surface area (Å²) in [6, 6.07) is 5.88. The number of carbonyl (C=O) groups is 1. The standard InChI is InChI=1S/C16H19F2N5O2.ClH/c1-9-14(15(24)20-13(8-19)10-2-3-10)21-22-23(9)11-4-6-12(7-5-11)25-16(17)18;/h4-7,10,13,16H,2-3,8,19H2,1H3,(H,20,24);1H. The largest absolute Gasteiger partial charge is 0.435 e. The first kappa shape index (κ1) is 20.1. The van der Waals surface area contributed by atoms with Crippen LogP contribution in [0.2, 0.25) is 0 Å². The minimum absolute atomic E-state index is 0. The van der Waals surface area contributed by atoms with Gasteiger partial charge in [-0.25, -0.2) is 4.68 Å². The number of rotatable bonds is 7. The van der Waals surface area contributed by atoms with E-state index in [9.17, 15) is 13.6 Å². The van der Waals surface area contributed by atoms with Gasteiger partial charge >= 0.3 is 6.61 Å². The fraction of sp³-hybridized carbons (Fsp3) is 0.438. The summed E-state index contributed by atoms with van der Waals surface area (Å²) in [5, 5.41) is 10.8. The number of nitrogens with two attached hydrogens (primary N) is 1. The molecule has 142 valence electrons. The van der Waals surface area contributed by atoms with Gasteiger partial charge in [0.1, 0.15) is 5.75 Å². The number of alkyl halides is 2. The number of aromatic nitrogens is 3. The smallest absolute Gasteiger partial charge is 0.387 e. The first-order chi connectivity index (χ1) is 12.0. The molecule has 0 bridgehead atoms. The van der Waals surface area contributed by atoms with Gasteiger partial charge in [-0.1, -0.05) is 5.21 Å². The zero-order valence-electron chi connectivity index (χ0n) is 14.1. The van der Waals surface area contributed by atoms with Crippen molar-refractivity contribution in [2.45, 2.75) is 32.4 Å². The summed E-state index contributed by atoms with van der Waals surface area (Å²) in [6.07, 6.45) is 2.14. The molecule has 1 aromatic carbocycles. The minimum atomic E-state index is -2.88. The lowest BCUT2D eigenvalue weighted by Gasteiger charge is -2.15. The summed E-state index contributed by atoms with van der Waals surface area (Å²) in [6.45, 7) is -0.779. The fourth-order valence-corrected chi connectivity index (χ4v) is 2.66. The van der Waals surface area contributed by atoms with Crippen molar-refractivity contribution in [2.75, 3.05) is 6.54 Å². The highest BCUT2D eigenvalue weighted by molar-refractivity contribution is 5.93. The summed E-state index contributed by atoms with van der Waals surface area (Å²) >= 11 is 0. The van der Waals surface area contributed by atoms with Crippen molar-refractivity contribution < 1.29 is 18.3 Å². The van der Waals surface area contributed by atoms with Crippen LogP contribution < -0.4 is 15.8 Å². The molecule has 1 aliphatic carbocycles. The Morgan fingerprint density at radius 1 is 1.38 bits per heavy atom. The van der Waals surface area contributed by atoms with Crippen LogP contribution in [-0.2, 0) is 0 Å². The van der Waals surface area contributed by atoms with E-state index in [2.05, 4.69) is 20.4 Å². The van der Waals surface area contributed by atoms with Gasteiger partial charge < -0.3 is 15.8 Å². The maximum absolute atomic E-state index is 12.4. The summed E-state index contributed by atoms with van der Waals surface area (Å²) in [4.78, 5) is 12.4. The summed E-state index contributed by atoms with van der Waals surface area (Å²) in [5.74, 6) is 0.167. The van der Waals surface area contributed by atoms with Gasteiger partial charge in [0.15, 0.2) is 5.69 Å². The van der Waals surface area contributed by atoms with Crippen LogP contribution in [0, 0.1) is 12.8 Å². The van der Waals surface area contributed by atoms with Gasteiger partial charge in [0, 0.05) is 12.6 Å². The van der Waals surface area contributed by atoms with Gasteiger partial charge in [-0.3, -0.25) is 4.79 Å². The first-order valence-corrected chi connectivity index (χ1v) is 7.98. The molecule has 10 heteroatoms. The highest BCUT2D eigenvalue weighted by Gasteiger charge is 2.32. The predicted molar refractivity (Wildman–Crippen MR) is 93.0 cm³/mol. The van der Waals surface area contributed by atoms with Gasteiger partial charge in [0.05, 0.1) is 11.4 Å². The van der Waals surface area contributed by atoms with Crippen molar-refractivity contribution in [1.82, 2.24) is 20.3 Å². The number of nitrogens with one attached hydrogen (secondary N) is 1. The van der Waals surface area contributed by atoms with Crippen LogP contribution in [0.4, 0.5) is 8.78 Å². The zero-order chi connectivity index (χ0) is 18.0. The number of benzene rings is 1. The molecule has 1 heterocycles. The molecule has 0 spiro atoms. The molecular weight excluding hydrogens is 368 g/mol. The number of ether oxygens (including phenoxy) is 1. The average Bonchev–Trinajstić information content (AvgIpc) is 3.35. The molecule has 1 atom stereocenters. The van der Waals surface area contributed by atoms with E-state index in [1.54, 1.807) is 19.1 Å². The van der Waals surface area contributed by atoms with Crippen LogP contribution in [0.25, 0.3) is 5.69 Å². The maximum atomic E-state index is 12.4. The van der Waals surface area contributed by atoms with E-state index < -0.39 is 6.61 Å². The molecule has 1 aromatic heterocycles. The van der Waals surface area contributed by atoms with Crippen molar-refractivity contribution in [3.63, 3.8) is 0 Å². The monoisotopic (exact) mass is 387 g/mol. The van der Waals surface area contributed by atoms with E-state index in [1.165, 1.54) is 16.8 Å². The van der Waals surface area contributed by atoms with Gasteiger partial charge in [-0.05, 0) is 49.9 Å². The van der Waals surface area contributed by atoms with Gasteiger partial charge in [0.2, 0.25) is 0 Å². The second-order valence-corrected chi connectivity index (χ2v) is 5.96. The molecule has 2 aromatic rings. The van der Waals surface area contributed by atoms with E-state index >= 15 is 0 Å². The second kappa shape index (κ2) is 8.41. The zero-order valence-corrected chi connectivity index (χ0v) is 14.9. The minimum Gasteiger partial charge on any atom is -0.435 e. The van der Waals surface area contributed by atoms with E-state index in [0.29, 0.717) is 23.8 Å². The van der Waals surface area contributed by atoms with E-state index in [4.69, 9.17) is 5.73 Å². The predicted octanol–water partition coefficient (Wildman–Crippen LogP) is 2.07. The Morgan fingerprint density at radius 3 is 2.58 bits per heavy atom. The number of nitrogens with zero attached hydrogens (tertiary/aromatic N) is 3. The van der Waals surface area contributed by atoms with Gasteiger partial charge in [-0.2, -0.15) is 8.78 Å².